The Morgan fingerprint density at radius 1 is 1.00 bits per heavy atom. The first-order valence-electron chi connectivity index (χ1n) is 7.01. The molecule has 0 radical (unpaired) electrons. The van der Waals surface area contributed by atoms with Crippen molar-refractivity contribution in [2.45, 2.75) is 25.8 Å². The summed E-state index contributed by atoms with van der Waals surface area (Å²) in [5.74, 6) is -0.169. The molecule has 0 saturated heterocycles. The number of hydrogen-bond donors (Lipinski definition) is 1. The fourth-order valence-corrected chi connectivity index (χ4v) is 2.80. The first kappa shape index (κ1) is 16.3. The van der Waals surface area contributed by atoms with Crippen molar-refractivity contribution in [3.05, 3.63) is 69.5 Å². The lowest BCUT2D eigenvalue weighted by Crippen LogP contribution is -2.33. The molecule has 0 aliphatic heterocycles. The van der Waals surface area contributed by atoms with Crippen molar-refractivity contribution in [2.24, 2.45) is 0 Å². The second-order valence-electron chi connectivity index (χ2n) is 4.97. The van der Waals surface area contributed by atoms with E-state index in [0.29, 0.717) is 28.5 Å². The highest BCUT2D eigenvalue weighted by molar-refractivity contribution is 6.42. The molecule has 0 aromatic heterocycles. The predicted octanol–water partition coefficient (Wildman–Crippen LogP) is 4.90. The van der Waals surface area contributed by atoms with Crippen LogP contribution in [0.25, 0.3) is 0 Å². The van der Waals surface area contributed by atoms with Crippen LogP contribution in [-0.4, -0.2) is 12.6 Å². The summed E-state index contributed by atoms with van der Waals surface area (Å²) in [4.78, 5) is 0. The van der Waals surface area contributed by atoms with Gasteiger partial charge in [-0.05, 0) is 42.6 Å². The molecule has 0 saturated carbocycles. The molecule has 0 heterocycles. The monoisotopic (exact) mass is 325 g/mol. The standard InChI is InChI=1S/C17H18Cl2FN/c1-2-21-14(10-12-6-3-4-9-16(12)20)11-13-7-5-8-15(18)17(13)19/h3-9,14,21H,2,10-11H2,1H3. The average molecular weight is 326 g/mol. The lowest BCUT2D eigenvalue weighted by molar-refractivity contribution is 0.506. The topological polar surface area (TPSA) is 12.0 Å². The summed E-state index contributed by atoms with van der Waals surface area (Å²) < 4.78 is 13.8. The Hall–Kier alpha value is -1.09. The van der Waals surface area contributed by atoms with E-state index in [1.54, 1.807) is 12.1 Å². The summed E-state index contributed by atoms with van der Waals surface area (Å²) in [7, 11) is 0. The van der Waals surface area contributed by atoms with E-state index in [1.165, 1.54) is 6.07 Å². The molecule has 0 aliphatic carbocycles. The summed E-state index contributed by atoms with van der Waals surface area (Å²) in [5, 5.41) is 4.52. The van der Waals surface area contributed by atoms with Crippen LogP contribution in [-0.2, 0) is 12.8 Å². The molecule has 2 aromatic rings. The Labute approximate surface area is 135 Å². The molecule has 0 bridgehead atoms. The van der Waals surface area contributed by atoms with Gasteiger partial charge in [0.2, 0.25) is 0 Å². The van der Waals surface area contributed by atoms with E-state index in [2.05, 4.69) is 5.32 Å². The molecule has 4 heteroatoms. The van der Waals surface area contributed by atoms with Crippen LogP contribution in [0.15, 0.2) is 42.5 Å². The van der Waals surface area contributed by atoms with Gasteiger partial charge in [0.15, 0.2) is 0 Å². The zero-order valence-electron chi connectivity index (χ0n) is 11.9. The van der Waals surface area contributed by atoms with Crippen molar-refractivity contribution in [3.63, 3.8) is 0 Å². The van der Waals surface area contributed by atoms with E-state index in [9.17, 15) is 4.39 Å². The molecule has 0 aliphatic rings. The third-order valence-electron chi connectivity index (χ3n) is 3.41. The van der Waals surface area contributed by atoms with Gasteiger partial charge in [0.05, 0.1) is 10.0 Å². The van der Waals surface area contributed by atoms with Gasteiger partial charge in [0.1, 0.15) is 5.82 Å². The Balaban J connectivity index is 2.16. The number of nitrogens with one attached hydrogen (secondary N) is 1. The van der Waals surface area contributed by atoms with Gasteiger partial charge in [-0.1, -0.05) is 60.5 Å². The van der Waals surface area contributed by atoms with Crippen LogP contribution in [0.5, 0.6) is 0 Å². The first-order valence-corrected chi connectivity index (χ1v) is 7.77. The third-order valence-corrected chi connectivity index (χ3v) is 4.27. The SMILES string of the molecule is CCNC(Cc1ccccc1F)Cc1cccc(Cl)c1Cl. The van der Waals surface area contributed by atoms with E-state index >= 15 is 0 Å². The largest absolute Gasteiger partial charge is 0.314 e. The molecule has 2 rings (SSSR count). The van der Waals surface area contributed by atoms with Crippen LogP contribution in [0.1, 0.15) is 18.1 Å². The van der Waals surface area contributed by atoms with E-state index < -0.39 is 0 Å². The van der Waals surface area contributed by atoms with Crippen LogP contribution in [0.2, 0.25) is 10.0 Å². The summed E-state index contributed by atoms with van der Waals surface area (Å²) in [6, 6.07) is 12.6. The van der Waals surface area contributed by atoms with E-state index in [-0.39, 0.29) is 11.9 Å². The Bertz CT molecular complexity index is 601. The highest BCUT2D eigenvalue weighted by atomic mass is 35.5. The minimum atomic E-state index is -0.169. The molecule has 0 amide bonds. The lowest BCUT2D eigenvalue weighted by Gasteiger charge is -2.19. The van der Waals surface area contributed by atoms with Crippen molar-refractivity contribution in [2.75, 3.05) is 6.54 Å². The van der Waals surface area contributed by atoms with Crippen molar-refractivity contribution in [1.29, 1.82) is 0 Å². The van der Waals surface area contributed by atoms with Gasteiger partial charge < -0.3 is 5.32 Å². The van der Waals surface area contributed by atoms with Gasteiger partial charge in [-0.3, -0.25) is 0 Å². The molecule has 21 heavy (non-hydrogen) atoms. The molecule has 1 N–H and O–H groups in total. The van der Waals surface area contributed by atoms with Crippen molar-refractivity contribution in [3.8, 4) is 0 Å². The van der Waals surface area contributed by atoms with E-state index in [1.807, 2.05) is 31.2 Å². The van der Waals surface area contributed by atoms with Crippen LogP contribution in [0, 0.1) is 5.82 Å². The maximum Gasteiger partial charge on any atom is 0.126 e. The quantitative estimate of drug-likeness (QED) is 0.796. The number of benzene rings is 2. The Morgan fingerprint density at radius 3 is 2.38 bits per heavy atom. The molecule has 1 nitrogen and oxygen atoms in total. The molecule has 0 spiro atoms. The third kappa shape index (κ3) is 4.44. The van der Waals surface area contributed by atoms with Gasteiger partial charge in [-0.2, -0.15) is 0 Å². The molecule has 0 fully saturated rings. The van der Waals surface area contributed by atoms with Crippen LogP contribution >= 0.6 is 23.2 Å². The highest BCUT2D eigenvalue weighted by Gasteiger charge is 2.14. The number of halogens is 3. The van der Waals surface area contributed by atoms with E-state index in [0.717, 1.165) is 12.1 Å². The second-order valence-corrected chi connectivity index (χ2v) is 5.75. The van der Waals surface area contributed by atoms with Crippen molar-refractivity contribution >= 4 is 23.2 Å². The molecule has 112 valence electrons. The van der Waals surface area contributed by atoms with Gasteiger partial charge in [0.25, 0.3) is 0 Å². The minimum absolute atomic E-state index is 0.114. The average Bonchev–Trinajstić information content (AvgIpc) is 2.46. The maximum absolute atomic E-state index is 13.8. The maximum atomic E-state index is 13.8. The second kappa shape index (κ2) is 7.79. The summed E-state index contributed by atoms with van der Waals surface area (Å²) in [5.41, 5.74) is 1.69. The smallest absolute Gasteiger partial charge is 0.126 e. The first-order chi connectivity index (χ1) is 10.1. The summed E-state index contributed by atoms with van der Waals surface area (Å²) in [6.07, 6.45) is 1.32. The Morgan fingerprint density at radius 2 is 1.67 bits per heavy atom. The zero-order chi connectivity index (χ0) is 15.2. The van der Waals surface area contributed by atoms with Crippen molar-refractivity contribution < 1.29 is 4.39 Å². The Kier molecular flexibility index (Phi) is 6.04. The normalized spacial score (nSPS) is 12.4. The molecular formula is C17H18Cl2FN. The minimum Gasteiger partial charge on any atom is -0.314 e. The predicted molar refractivity (Wildman–Crippen MR) is 87.7 cm³/mol. The lowest BCUT2D eigenvalue weighted by atomic mass is 9.98. The van der Waals surface area contributed by atoms with Gasteiger partial charge in [-0.25, -0.2) is 4.39 Å². The fourth-order valence-electron chi connectivity index (χ4n) is 2.41. The zero-order valence-corrected chi connectivity index (χ0v) is 13.4. The van der Waals surface area contributed by atoms with Gasteiger partial charge in [0, 0.05) is 6.04 Å². The van der Waals surface area contributed by atoms with Gasteiger partial charge >= 0.3 is 0 Å². The number of hydrogen-bond acceptors (Lipinski definition) is 1. The molecule has 1 unspecified atom stereocenters. The highest BCUT2D eigenvalue weighted by Crippen LogP contribution is 2.27. The fraction of sp³-hybridized carbons (Fsp3) is 0.294. The molecule has 2 aromatic carbocycles. The summed E-state index contributed by atoms with van der Waals surface area (Å²) >= 11 is 12.3. The van der Waals surface area contributed by atoms with E-state index in [4.69, 9.17) is 23.2 Å². The number of rotatable bonds is 6. The molecule has 1 atom stereocenters. The van der Waals surface area contributed by atoms with Crippen LogP contribution < -0.4 is 5.32 Å². The number of likely N-dealkylation sites (N-methyl/N-ethyl adjacent to an activating group) is 1. The van der Waals surface area contributed by atoms with Crippen LogP contribution in [0.3, 0.4) is 0 Å². The summed E-state index contributed by atoms with van der Waals surface area (Å²) in [6.45, 7) is 2.85. The van der Waals surface area contributed by atoms with Gasteiger partial charge in [-0.15, -0.1) is 0 Å². The van der Waals surface area contributed by atoms with Crippen molar-refractivity contribution in [1.82, 2.24) is 5.32 Å². The molecular weight excluding hydrogens is 308 g/mol. The van der Waals surface area contributed by atoms with Crippen LogP contribution in [0.4, 0.5) is 4.39 Å².